The lowest BCUT2D eigenvalue weighted by atomic mass is 10.1. The number of hydrogen-bond acceptors (Lipinski definition) is 2. The predicted octanol–water partition coefficient (Wildman–Crippen LogP) is 3.82. The molecule has 0 aliphatic carbocycles. The van der Waals surface area contributed by atoms with Crippen molar-refractivity contribution >= 4 is 33.3 Å². The van der Waals surface area contributed by atoms with E-state index in [4.69, 9.17) is 11.6 Å². The fraction of sp³-hybridized carbons (Fsp3) is 0.222. The van der Waals surface area contributed by atoms with E-state index in [2.05, 4.69) is 20.7 Å². The molecule has 1 aromatic rings. The summed E-state index contributed by atoms with van der Waals surface area (Å²) in [6.07, 6.45) is -4.88. The van der Waals surface area contributed by atoms with E-state index in [1.165, 1.54) is 18.2 Å². The zero-order valence-corrected chi connectivity index (χ0v) is 9.99. The number of ether oxygens (including phenoxy) is 1. The van der Waals surface area contributed by atoms with Crippen molar-refractivity contribution in [1.29, 1.82) is 0 Å². The topological polar surface area (TPSA) is 26.3 Å². The van der Waals surface area contributed by atoms with E-state index in [1.807, 2.05) is 0 Å². The maximum Gasteiger partial charge on any atom is 0.573 e. The summed E-state index contributed by atoms with van der Waals surface area (Å²) < 4.78 is 39.9. The predicted molar refractivity (Wildman–Crippen MR) is 56.3 cm³/mol. The minimum atomic E-state index is -4.88. The van der Waals surface area contributed by atoms with Crippen LogP contribution < -0.4 is 4.74 Å². The van der Waals surface area contributed by atoms with Gasteiger partial charge in [0, 0.05) is 0 Å². The summed E-state index contributed by atoms with van der Waals surface area (Å²) in [6, 6.07) is 3.81. The van der Waals surface area contributed by atoms with E-state index in [9.17, 15) is 18.0 Å². The molecule has 2 nitrogen and oxygen atoms in total. The molecule has 0 N–H and O–H groups in total. The van der Waals surface area contributed by atoms with Crippen LogP contribution in [0, 0.1) is 0 Å². The Morgan fingerprint density at radius 2 is 2.06 bits per heavy atom. The van der Waals surface area contributed by atoms with Crippen molar-refractivity contribution in [3.8, 4) is 5.75 Å². The average Bonchev–Trinajstić information content (AvgIpc) is 2.18. The van der Waals surface area contributed by atoms with Crippen LogP contribution in [0.5, 0.6) is 5.75 Å². The minimum Gasteiger partial charge on any atom is -0.403 e. The second kappa shape index (κ2) is 5.05. The molecule has 16 heavy (non-hydrogen) atoms. The summed E-state index contributed by atoms with van der Waals surface area (Å²) in [5.74, 6) is -1.21. The molecule has 0 atom stereocenters. The fourth-order valence-corrected chi connectivity index (χ4v) is 1.54. The summed E-state index contributed by atoms with van der Waals surface area (Å²) in [6.45, 7) is 0. The number of alkyl halides is 4. The molecule has 0 heterocycles. The Morgan fingerprint density at radius 1 is 1.44 bits per heavy atom. The third kappa shape index (κ3) is 3.38. The Balaban J connectivity index is 3.19. The van der Waals surface area contributed by atoms with E-state index in [-0.39, 0.29) is 15.9 Å². The first kappa shape index (κ1) is 13.3. The summed E-state index contributed by atoms with van der Waals surface area (Å²) in [5, 5.41) is -0.370. The summed E-state index contributed by atoms with van der Waals surface area (Å²) in [5.41, 5.74) is -0.207. The Morgan fingerprint density at radius 3 is 2.56 bits per heavy atom. The number of rotatable bonds is 3. The van der Waals surface area contributed by atoms with Gasteiger partial charge in [-0.3, -0.25) is 4.79 Å². The number of ketones is 1. The van der Waals surface area contributed by atoms with Crippen molar-refractivity contribution in [2.24, 2.45) is 0 Å². The number of benzene rings is 1. The van der Waals surface area contributed by atoms with Crippen LogP contribution in [-0.2, 0) is 0 Å². The lowest BCUT2D eigenvalue weighted by Gasteiger charge is -2.13. The van der Waals surface area contributed by atoms with E-state index in [1.54, 1.807) is 0 Å². The Kier molecular flexibility index (Phi) is 4.21. The minimum absolute atomic E-state index is 0.110. The molecule has 0 aromatic heterocycles. The number of hydrogen-bond donors (Lipinski definition) is 0. The Bertz CT molecular complexity index is 406. The molecule has 1 aromatic carbocycles. The molecule has 0 aliphatic heterocycles. The van der Waals surface area contributed by atoms with Crippen molar-refractivity contribution in [3.63, 3.8) is 0 Å². The Labute approximate surface area is 102 Å². The van der Waals surface area contributed by atoms with E-state index >= 15 is 0 Å². The monoisotopic (exact) mass is 316 g/mol. The molecule has 0 unspecified atom stereocenters. The zero-order chi connectivity index (χ0) is 12.3. The quantitative estimate of drug-likeness (QED) is 0.626. The van der Waals surface area contributed by atoms with Crippen LogP contribution in [0.1, 0.15) is 10.4 Å². The molecule has 0 amide bonds. The van der Waals surface area contributed by atoms with Gasteiger partial charge in [-0.25, -0.2) is 0 Å². The van der Waals surface area contributed by atoms with E-state index in [0.29, 0.717) is 0 Å². The van der Waals surface area contributed by atoms with Gasteiger partial charge in [-0.15, -0.1) is 13.2 Å². The van der Waals surface area contributed by atoms with Gasteiger partial charge < -0.3 is 4.74 Å². The van der Waals surface area contributed by atoms with E-state index < -0.39 is 17.9 Å². The molecule has 0 saturated carbocycles. The number of Topliss-reactive ketones (excluding diaryl/α,β-unsaturated/α-hetero) is 1. The van der Waals surface area contributed by atoms with Crippen LogP contribution in [0.2, 0.25) is 5.02 Å². The van der Waals surface area contributed by atoms with Gasteiger partial charge in [-0.2, -0.15) is 0 Å². The number of carbonyl (C=O) groups excluding carboxylic acids is 1. The van der Waals surface area contributed by atoms with Crippen molar-refractivity contribution < 1.29 is 22.7 Å². The third-order valence-electron chi connectivity index (χ3n) is 1.61. The largest absolute Gasteiger partial charge is 0.573 e. The van der Waals surface area contributed by atoms with Crippen molar-refractivity contribution in [1.82, 2.24) is 0 Å². The molecule has 0 saturated heterocycles. The summed E-state index contributed by atoms with van der Waals surface area (Å²) in [4.78, 5) is 11.3. The van der Waals surface area contributed by atoms with Crippen molar-refractivity contribution in [3.05, 3.63) is 28.8 Å². The molecule has 7 heteroatoms. The molecule has 1 rings (SSSR count). The van der Waals surface area contributed by atoms with Gasteiger partial charge in [0.1, 0.15) is 0 Å². The first-order valence-electron chi connectivity index (χ1n) is 3.98. The fourth-order valence-electron chi connectivity index (χ4n) is 1.02. The molecular weight excluding hydrogens is 312 g/mol. The molecule has 0 fully saturated rings. The van der Waals surface area contributed by atoms with E-state index in [0.717, 1.165) is 0 Å². The van der Waals surface area contributed by atoms with Gasteiger partial charge >= 0.3 is 6.36 Å². The van der Waals surface area contributed by atoms with Crippen molar-refractivity contribution in [2.75, 3.05) is 5.33 Å². The van der Waals surface area contributed by atoms with Gasteiger partial charge in [0.05, 0.1) is 15.9 Å². The molecule has 0 radical (unpaired) electrons. The van der Waals surface area contributed by atoms with Gasteiger partial charge in [0.25, 0.3) is 0 Å². The molecule has 0 aliphatic rings. The summed E-state index contributed by atoms with van der Waals surface area (Å²) >= 11 is 8.40. The lowest BCUT2D eigenvalue weighted by Crippen LogP contribution is -2.19. The second-order valence-corrected chi connectivity index (χ2v) is 3.69. The van der Waals surface area contributed by atoms with Crippen LogP contribution in [-0.4, -0.2) is 17.5 Å². The highest BCUT2D eigenvalue weighted by Crippen LogP contribution is 2.33. The highest BCUT2D eigenvalue weighted by atomic mass is 79.9. The molecule has 0 spiro atoms. The molecule has 88 valence electrons. The maximum absolute atomic E-state index is 12.1. The highest BCUT2D eigenvalue weighted by molar-refractivity contribution is 9.09. The van der Waals surface area contributed by atoms with Gasteiger partial charge in [-0.1, -0.05) is 33.6 Å². The summed E-state index contributed by atoms with van der Waals surface area (Å²) in [7, 11) is 0. The van der Waals surface area contributed by atoms with Crippen molar-refractivity contribution in [2.45, 2.75) is 6.36 Å². The van der Waals surface area contributed by atoms with Crippen LogP contribution >= 0.6 is 27.5 Å². The first-order valence-corrected chi connectivity index (χ1v) is 5.48. The number of para-hydroxylation sites is 1. The normalized spacial score (nSPS) is 11.3. The lowest BCUT2D eigenvalue weighted by molar-refractivity contribution is -0.274. The van der Waals surface area contributed by atoms with Crippen LogP contribution in [0.4, 0.5) is 13.2 Å². The maximum atomic E-state index is 12.1. The Hall–Kier alpha value is -0.750. The van der Waals surface area contributed by atoms with Gasteiger partial charge in [-0.05, 0) is 12.1 Å². The molecule has 0 bridgehead atoms. The number of halogens is 5. The highest BCUT2D eigenvalue weighted by Gasteiger charge is 2.33. The average molecular weight is 317 g/mol. The van der Waals surface area contributed by atoms with Crippen LogP contribution in [0.25, 0.3) is 0 Å². The zero-order valence-electron chi connectivity index (χ0n) is 7.65. The molecular formula is C9H5BrClF3O2. The standard InChI is InChI=1S/C9H5BrClF3O2/c10-4-7(15)5-2-1-3-6(11)8(5)16-9(12,13)14/h1-3H,4H2. The smallest absolute Gasteiger partial charge is 0.403 e. The van der Waals surface area contributed by atoms with Gasteiger partial charge in [0.2, 0.25) is 0 Å². The second-order valence-electron chi connectivity index (χ2n) is 2.72. The van der Waals surface area contributed by atoms with Crippen LogP contribution in [0.15, 0.2) is 18.2 Å². The third-order valence-corrected chi connectivity index (χ3v) is 2.41. The van der Waals surface area contributed by atoms with Gasteiger partial charge in [0.15, 0.2) is 11.5 Å². The SMILES string of the molecule is O=C(CBr)c1cccc(Cl)c1OC(F)(F)F. The first-order chi connectivity index (χ1) is 7.35. The van der Waals surface area contributed by atoms with Crippen LogP contribution in [0.3, 0.4) is 0 Å². The number of carbonyl (C=O) groups is 1.